The molecule has 6 N–H and O–H groups in total. The lowest BCUT2D eigenvalue weighted by atomic mass is 9.85. The van der Waals surface area contributed by atoms with E-state index in [2.05, 4.69) is 0 Å². The van der Waals surface area contributed by atoms with Crippen LogP contribution in [0.15, 0.2) is 24.3 Å². The number of carbonyl (C=O) groups excluding carboxylic acids is 4. The molecule has 30 heavy (non-hydrogen) atoms. The van der Waals surface area contributed by atoms with Gasteiger partial charge >= 0.3 is 0 Å². The number of phenols is 4. The Balaban J connectivity index is 2.08. The molecule has 0 fully saturated rings. The Bertz CT molecular complexity index is 1210. The number of hydrogen-bond acceptors (Lipinski definition) is 10. The molecule has 0 saturated heterocycles. The molecule has 0 amide bonds. The van der Waals surface area contributed by atoms with Gasteiger partial charge in [-0.3, -0.25) is 19.2 Å². The zero-order valence-corrected chi connectivity index (χ0v) is 14.6. The van der Waals surface area contributed by atoms with Crippen molar-refractivity contribution < 1.29 is 49.8 Å². The summed E-state index contributed by atoms with van der Waals surface area (Å²) in [4.78, 5) is 47.2. The summed E-state index contributed by atoms with van der Waals surface area (Å²) in [6.45, 7) is 0. The highest BCUT2D eigenvalue weighted by Crippen LogP contribution is 2.53. The van der Waals surface area contributed by atoms with Crippen LogP contribution in [0.1, 0.15) is 31.8 Å². The van der Waals surface area contributed by atoms with Crippen molar-refractivity contribution in [3.63, 3.8) is 0 Å². The van der Waals surface area contributed by atoms with E-state index in [1.54, 1.807) is 0 Å². The number of hydrogen-bond donors (Lipinski definition) is 6. The lowest BCUT2D eigenvalue weighted by Crippen LogP contribution is -2.19. The number of fused-ring (bicyclic) bond motifs is 2. The Morgan fingerprint density at radius 1 is 0.500 bits per heavy atom. The van der Waals surface area contributed by atoms with Crippen LogP contribution < -0.4 is 0 Å². The maximum atomic E-state index is 12.0. The van der Waals surface area contributed by atoms with Crippen LogP contribution in [0.25, 0.3) is 22.6 Å². The van der Waals surface area contributed by atoms with Gasteiger partial charge in [0.05, 0.1) is 22.3 Å². The first-order valence-corrected chi connectivity index (χ1v) is 8.22. The number of phenolic OH excluding ortho intramolecular Hbond substituents is 4. The van der Waals surface area contributed by atoms with Gasteiger partial charge in [-0.25, -0.2) is 0 Å². The lowest BCUT2D eigenvalue weighted by molar-refractivity contribution is -0.111. The van der Waals surface area contributed by atoms with Crippen LogP contribution in [-0.4, -0.2) is 53.8 Å². The van der Waals surface area contributed by atoms with Gasteiger partial charge in [0.2, 0.25) is 23.1 Å². The molecule has 150 valence electrons. The number of aromatic hydroxyl groups is 4. The van der Waals surface area contributed by atoms with Gasteiger partial charge in [-0.15, -0.1) is 0 Å². The van der Waals surface area contributed by atoms with Crippen LogP contribution in [0, 0.1) is 0 Å². The fraction of sp³-hybridized carbons (Fsp3) is 0. The smallest absolute Gasteiger partial charge is 0.234 e. The Hall–Kier alpha value is -4.60. The maximum absolute atomic E-state index is 12.0. The number of aliphatic hydroxyl groups excluding tert-OH is 2. The molecular weight excluding hydrogens is 400 g/mol. The van der Waals surface area contributed by atoms with Gasteiger partial charge in [0.1, 0.15) is 34.5 Å². The second-order valence-corrected chi connectivity index (χ2v) is 6.53. The number of ketones is 4. The van der Waals surface area contributed by atoms with Crippen LogP contribution in [0.4, 0.5) is 0 Å². The Morgan fingerprint density at radius 3 is 1.17 bits per heavy atom. The number of aliphatic hydroxyl groups is 2. The molecule has 0 heterocycles. The van der Waals surface area contributed by atoms with Crippen LogP contribution in [0.5, 0.6) is 23.0 Å². The van der Waals surface area contributed by atoms with Crippen molar-refractivity contribution in [3.05, 3.63) is 46.5 Å². The maximum Gasteiger partial charge on any atom is 0.234 e. The van der Waals surface area contributed by atoms with Gasteiger partial charge in [-0.05, 0) is 12.1 Å². The van der Waals surface area contributed by atoms with Gasteiger partial charge in [0, 0.05) is 23.3 Å². The van der Waals surface area contributed by atoms with E-state index >= 15 is 0 Å². The molecule has 2 aromatic rings. The highest BCUT2D eigenvalue weighted by Gasteiger charge is 2.36. The number of rotatable bonds is 1. The molecular formula is C20H10O10. The molecule has 0 saturated carbocycles. The van der Waals surface area contributed by atoms with E-state index in [4.69, 9.17) is 0 Å². The Kier molecular flexibility index (Phi) is 3.72. The molecule has 10 heteroatoms. The topological polar surface area (TPSA) is 190 Å². The first kappa shape index (κ1) is 18.7. The number of allylic oxidation sites excluding steroid dienone is 2. The fourth-order valence-corrected chi connectivity index (χ4v) is 3.47. The van der Waals surface area contributed by atoms with Crippen LogP contribution in [-0.2, 0) is 9.59 Å². The van der Waals surface area contributed by atoms with Crippen molar-refractivity contribution in [2.24, 2.45) is 0 Å². The normalized spacial score (nSPS) is 15.5. The predicted octanol–water partition coefficient (Wildman–Crippen LogP) is 1.50. The van der Waals surface area contributed by atoms with Crippen molar-refractivity contribution in [2.75, 3.05) is 0 Å². The van der Waals surface area contributed by atoms with Crippen LogP contribution >= 0.6 is 0 Å². The average Bonchev–Trinajstić information content (AvgIpc) is 2.65. The average molecular weight is 410 g/mol. The molecule has 4 rings (SSSR count). The molecule has 0 aromatic heterocycles. The molecule has 0 spiro atoms. The zero-order chi connectivity index (χ0) is 22.1. The van der Waals surface area contributed by atoms with E-state index in [-0.39, 0.29) is 0 Å². The summed E-state index contributed by atoms with van der Waals surface area (Å²) in [6, 6.07) is 1.49. The van der Waals surface area contributed by atoms with Gasteiger partial charge in [0.25, 0.3) is 0 Å². The van der Waals surface area contributed by atoms with Gasteiger partial charge in [-0.2, -0.15) is 0 Å². The monoisotopic (exact) mass is 410 g/mol. The molecule has 0 bridgehead atoms. The highest BCUT2D eigenvalue weighted by atomic mass is 16.3. The molecule has 2 aliphatic rings. The predicted molar refractivity (Wildman–Crippen MR) is 98.4 cm³/mol. The summed E-state index contributed by atoms with van der Waals surface area (Å²) < 4.78 is 0. The lowest BCUT2D eigenvalue weighted by Gasteiger charge is -2.21. The van der Waals surface area contributed by atoms with Crippen LogP contribution in [0.2, 0.25) is 0 Å². The zero-order valence-electron chi connectivity index (χ0n) is 14.6. The minimum Gasteiger partial charge on any atom is -0.507 e. The third-order valence-electron chi connectivity index (χ3n) is 4.80. The molecule has 2 aliphatic carbocycles. The van der Waals surface area contributed by atoms with Gasteiger partial charge in [0.15, 0.2) is 0 Å². The number of carbonyl (C=O) groups is 4. The van der Waals surface area contributed by atoms with Gasteiger partial charge < -0.3 is 30.6 Å². The molecule has 0 unspecified atom stereocenters. The minimum atomic E-state index is -1.12. The van der Waals surface area contributed by atoms with E-state index in [1.807, 2.05) is 0 Å². The quantitative estimate of drug-likeness (QED) is 0.376. The SMILES string of the molecule is O=C1C=C(O)c2c(cc(O)c(-c3c(O)cc4c(c3O)C(O)=CC(=O)C4=O)c2O)C1=O. The van der Waals surface area contributed by atoms with Crippen molar-refractivity contribution in [2.45, 2.75) is 0 Å². The molecule has 0 atom stereocenters. The Labute approximate surface area is 165 Å². The summed E-state index contributed by atoms with van der Waals surface area (Å²) in [5.74, 6) is -9.69. The summed E-state index contributed by atoms with van der Waals surface area (Å²) in [5, 5.41) is 62.0. The van der Waals surface area contributed by atoms with Crippen molar-refractivity contribution in [1.82, 2.24) is 0 Å². The summed E-state index contributed by atoms with van der Waals surface area (Å²) in [5.41, 5.74) is -3.42. The van der Waals surface area contributed by atoms with Crippen molar-refractivity contribution in [1.29, 1.82) is 0 Å². The molecule has 0 aliphatic heterocycles. The van der Waals surface area contributed by atoms with E-state index in [9.17, 15) is 49.8 Å². The third-order valence-corrected chi connectivity index (χ3v) is 4.80. The highest BCUT2D eigenvalue weighted by molar-refractivity contribution is 6.51. The van der Waals surface area contributed by atoms with Crippen LogP contribution in [0.3, 0.4) is 0 Å². The molecule has 2 aromatic carbocycles. The first-order chi connectivity index (χ1) is 14.0. The summed E-state index contributed by atoms with van der Waals surface area (Å²) in [6.07, 6.45) is 1.10. The van der Waals surface area contributed by atoms with E-state index in [0.29, 0.717) is 12.2 Å². The van der Waals surface area contributed by atoms with Crippen molar-refractivity contribution >= 4 is 34.7 Å². The minimum absolute atomic E-state index is 0.515. The number of Topliss-reactive ketones (excluding diaryl/α,β-unsaturated/α-hetero) is 2. The summed E-state index contributed by atoms with van der Waals surface area (Å²) >= 11 is 0. The van der Waals surface area contributed by atoms with E-state index in [1.165, 1.54) is 0 Å². The third kappa shape index (κ3) is 2.30. The number of benzene rings is 2. The molecule has 0 radical (unpaired) electrons. The molecule has 10 nitrogen and oxygen atoms in total. The summed E-state index contributed by atoms with van der Waals surface area (Å²) in [7, 11) is 0. The Morgan fingerprint density at radius 2 is 0.833 bits per heavy atom. The fourth-order valence-electron chi connectivity index (χ4n) is 3.47. The van der Waals surface area contributed by atoms with Crippen molar-refractivity contribution in [3.8, 4) is 34.1 Å². The second kappa shape index (κ2) is 5.95. The van der Waals surface area contributed by atoms with E-state index in [0.717, 1.165) is 12.1 Å². The largest absolute Gasteiger partial charge is 0.507 e. The van der Waals surface area contributed by atoms with E-state index < -0.39 is 91.0 Å². The van der Waals surface area contributed by atoms with Gasteiger partial charge in [-0.1, -0.05) is 0 Å². The first-order valence-electron chi connectivity index (χ1n) is 8.22. The second-order valence-electron chi connectivity index (χ2n) is 6.53. The standard InChI is InChI=1S/C20H10O10/c21-7-1-5-13(9(23)3-11(25)17(5)27)19(29)15(7)16-8(22)2-6-14(20(16)30)10(24)4-12(26)18(6)28/h1-4,21-24,29-30H.